The molecule has 3 aromatic rings. The Balaban J connectivity index is 1.64. The lowest BCUT2D eigenvalue weighted by Gasteiger charge is -2.13. The van der Waals surface area contributed by atoms with Gasteiger partial charge in [0.2, 0.25) is 0 Å². The van der Waals surface area contributed by atoms with Crippen molar-refractivity contribution < 1.29 is 4.79 Å². The maximum absolute atomic E-state index is 12.2. The van der Waals surface area contributed by atoms with Gasteiger partial charge in [0.1, 0.15) is 11.8 Å². The predicted molar refractivity (Wildman–Crippen MR) is 102 cm³/mol. The molecule has 2 heterocycles. The highest BCUT2D eigenvalue weighted by Crippen LogP contribution is 2.24. The molecule has 2 N–H and O–H groups in total. The van der Waals surface area contributed by atoms with Crippen LogP contribution >= 0.6 is 11.6 Å². The Labute approximate surface area is 162 Å². The molecule has 0 aliphatic rings. The number of halogens is 1. The van der Waals surface area contributed by atoms with Crippen molar-refractivity contribution in [3.63, 3.8) is 0 Å². The van der Waals surface area contributed by atoms with Crippen molar-refractivity contribution in [2.24, 2.45) is 0 Å². The standard InChI is InChI=1S/C19H19ClN6O/c1-3-15-9-18(24-23-15)19(27)22-12(2)11-26-7-6-17(25-26)13-4-5-14(10-21)16(20)8-13/h4-9,12H,3,11H2,1-2H3,(H,22,27)(H,23,24)/t12-/m0/s1. The van der Waals surface area contributed by atoms with E-state index < -0.39 is 0 Å². The van der Waals surface area contributed by atoms with E-state index in [2.05, 4.69) is 20.6 Å². The normalized spacial score (nSPS) is 11.8. The fourth-order valence-electron chi connectivity index (χ4n) is 2.67. The number of aryl methyl sites for hydroxylation is 1. The summed E-state index contributed by atoms with van der Waals surface area (Å²) < 4.78 is 1.76. The number of hydrogen-bond donors (Lipinski definition) is 2. The van der Waals surface area contributed by atoms with Gasteiger partial charge in [-0.15, -0.1) is 0 Å². The van der Waals surface area contributed by atoms with E-state index in [9.17, 15) is 4.79 Å². The first-order chi connectivity index (χ1) is 13.0. The zero-order valence-corrected chi connectivity index (χ0v) is 15.8. The molecule has 3 rings (SSSR count). The van der Waals surface area contributed by atoms with Crippen LogP contribution in [0.2, 0.25) is 5.02 Å². The van der Waals surface area contributed by atoms with Crippen molar-refractivity contribution >= 4 is 17.5 Å². The Morgan fingerprint density at radius 2 is 2.22 bits per heavy atom. The van der Waals surface area contributed by atoms with Gasteiger partial charge in [0, 0.05) is 23.5 Å². The van der Waals surface area contributed by atoms with Gasteiger partial charge in [-0.25, -0.2) is 0 Å². The molecule has 138 valence electrons. The molecule has 8 heteroatoms. The molecule has 0 aliphatic heterocycles. The molecule has 2 aromatic heterocycles. The van der Waals surface area contributed by atoms with E-state index in [4.69, 9.17) is 16.9 Å². The molecule has 0 saturated heterocycles. The van der Waals surface area contributed by atoms with E-state index in [1.165, 1.54) is 0 Å². The lowest BCUT2D eigenvalue weighted by molar-refractivity contribution is 0.0931. The summed E-state index contributed by atoms with van der Waals surface area (Å²) in [7, 11) is 0. The minimum Gasteiger partial charge on any atom is -0.346 e. The topological polar surface area (TPSA) is 99.4 Å². The number of H-pyrrole nitrogens is 1. The molecule has 0 spiro atoms. The first-order valence-electron chi connectivity index (χ1n) is 8.58. The van der Waals surface area contributed by atoms with Gasteiger partial charge in [-0.2, -0.15) is 15.5 Å². The summed E-state index contributed by atoms with van der Waals surface area (Å²) in [6.07, 6.45) is 2.64. The number of amides is 1. The van der Waals surface area contributed by atoms with Gasteiger partial charge in [0.15, 0.2) is 0 Å². The van der Waals surface area contributed by atoms with Crippen molar-refractivity contribution in [2.45, 2.75) is 32.9 Å². The zero-order chi connectivity index (χ0) is 19.4. The van der Waals surface area contributed by atoms with Gasteiger partial charge in [-0.05, 0) is 37.6 Å². The molecule has 0 fully saturated rings. The molecule has 0 aliphatic carbocycles. The van der Waals surface area contributed by atoms with Crippen LogP contribution in [0.25, 0.3) is 11.3 Å². The Morgan fingerprint density at radius 1 is 1.41 bits per heavy atom. The smallest absolute Gasteiger partial charge is 0.272 e. The Bertz CT molecular complexity index is 1000. The molecular weight excluding hydrogens is 364 g/mol. The van der Waals surface area contributed by atoms with Crippen LogP contribution in [0.5, 0.6) is 0 Å². The molecule has 0 unspecified atom stereocenters. The number of carbonyl (C=O) groups is 1. The van der Waals surface area contributed by atoms with Crippen LogP contribution in [0, 0.1) is 11.3 Å². The molecule has 7 nitrogen and oxygen atoms in total. The third-order valence-electron chi connectivity index (χ3n) is 4.11. The first kappa shape index (κ1) is 18.7. The van der Waals surface area contributed by atoms with E-state index in [0.29, 0.717) is 22.8 Å². The average Bonchev–Trinajstić information content (AvgIpc) is 3.30. The second-order valence-electron chi connectivity index (χ2n) is 6.24. The van der Waals surface area contributed by atoms with Gasteiger partial charge in [0.05, 0.1) is 22.8 Å². The summed E-state index contributed by atoms with van der Waals surface area (Å²) >= 11 is 6.09. The van der Waals surface area contributed by atoms with E-state index in [-0.39, 0.29) is 11.9 Å². The lowest BCUT2D eigenvalue weighted by atomic mass is 10.1. The predicted octanol–water partition coefficient (Wildman–Crippen LogP) is 3.18. The quantitative estimate of drug-likeness (QED) is 0.683. The van der Waals surface area contributed by atoms with Gasteiger partial charge >= 0.3 is 0 Å². The van der Waals surface area contributed by atoms with Gasteiger partial charge in [-0.3, -0.25) is 14.6 Å². The van der Waals surface area contributed by atoms with Crippen LogP contribution in [0.4, 0.5) is 0 Å². The maximum atomic E-state index is 12.2. The number of hydrogen-bond acceptors (Lipinski definition) is 4. The maximum Gasteiger partial charge on any atom is 0.272 e. The number of aromatic amines is 1. The summed E-state index contributed by atoms with van der Waals surface area (Å²) in [5.41, 5.74) is 3.32. The minimum atomic E-state index is -0.218. The third-order valence-corrected chi connectivity index (χ3v) is 4.42. The fraction of sp³-hybridized carbons (Fsp3) is 0.263. The van der Waals surface area contributed by atoms with Crippen molar-refractivity contribution in [1.29, 1.82) is 5.26 Å². The van der Waals surface area contributed by atoms with Gasteiger partial charge in [0.25, 0.3) is 5.91 Å². The van der Waals surface area contributed by atoms with Gasteiger partial charge in [-0.1, -0.05) is 24.6 Å². The molecule has 27 heavy (non-hydrogen) atoms. The molecule has 0 radical (unpaired) electrons. The lowest BCUT2D eigenvalue weighted by Crippen LogP contribution is -2.36. The summed E-state index contributed by atoms with van der Waals surface area (Å²) in [4.78, 5) is 12.2. The molecule has 1 atom stereocenters. The van der Waals surface area contributed by atoms with Crippen molar-refractivity contribution in [2.75, 3.05) is 0 Å². The Morgan fingerprint density at radius 3 is 2.89 bits per heavy atom. The highest BCUT2D eigenvalue weighted by molar-refractivity contribution is 6.32. The Kier molecular flexibility index (Phi) is 5.57. The molecule has 0 bridgehead atoms. The molecule has 0 saturated carbocycles. The van der Waals surface area contributed by atoms with Crippen molar-refractivity contribution in [3.8, 4) is 17.3 Å². The molecule has 1 aromatic carbocycles. The van der Waals surface area contributed by atoms with Crippen LogP contribution in [0.15, 0.2) is 36.5 Å². The number of carbonyl (C=O) groups excluding carboxylic acids is 1. The van der Waals surface area contributed by atoms with Crippen molar-refractivity contribution in [1.82, 2.24) is 25.3 Å². The minimum absolute atomic E-state index is 0.128. The largest absolute Gasteiger partial charge is 0.346 e. The van der Waals surface area contributed by atoms with E-state index >= 15 is 0 Å². The highest BCUT2D eigenvalue weighted by atomic mass is 35.5. The first-order valence-corrected chi connectivity index (χ1v) is 8.96. The zero-order valence-electron chi connectivity index (χ0n) is 15.0. The number of benzene rings is 1. The monoisotopic (exact) mass is 382 g/mol. The van der Waals surface area contributed by atoms with E-state index in [1.807, 2.05) is 38.2 Å². The van der Waals surface area contributed by atoms with Crippen LogP contribution in [0.3, 0.4) is 0 Å². The number of nitrogens with zero attached hydrogens (tertiary/aromatic N) is 4. The molecular formula is C19H19ClN6O. The summed E-state index contributed by atoms with van der Waals surface area (Å²) in [6.45, 7) is 4.42. The van der Waals surface area contributed by atoms with Gasteiger partial charge < -0.3 is 5.32 Å². The molecule has 1 amide bonds. The summed E-state index contributed by atoms with van der Waals surface area (Å²) in [6, 6.07) is 10.7. The van der Waals surface area contributed by atoms with Crippen LogP contribution in [0.1, 0.15) is 35.6 Å². The highest BCUT2D eigenvalue weighted by Gasteiger charge is 2.14. The second kappa shape index (κ2) is 8.06. The third kappa shape index (κ3) is 4.36. The second-order valence-corrected chi connectivity index (χ2v) is 6.64. The number of rotatable bonds is 6. The number of aromatic nitrogens is 4. The number of nitriles is 1. The number of nitrogens with one attached hydrogen (secondary N) is 2. The van der Waals surface area contributed by atoms with Crippen LogP contribution in [-0.2, 0) is 13.0 Å². The summed E-state index contributed by atoms with van der Waals surface area (Å²) in [5, 5.41) is 23.6. The van der Waals surface area contributed by atoms with Crippen LogP contribution in [-0.4, -0.2) is 31.9 Å². The Hall–Kier alpha value is -3.11. The van der Waals surface area contributed by atoms with E-state index in [0.717, 1.165) is 23.4 Å². The van der Waals surface area contributed by atoms with E-state index in [1.54, 1.807) is 22.9 Å². The fourth-order valence-corrected chi connectivity index (χ4v) is 2.89. The summed E-state index contributed by atoms with van der Waals surface area (Å²) in [5.74, 6) is -0.218. The van der Waals surface area contributed by atoms with Crippen molar-refractivity contribution in [3.05, 3.63) is 58.5 Å². The average molecular weight is 383 g/mol. The van der Waals surface area contributed by atoms with Crippen LogP contribution < -0.4 is 5.32 Å². The SMILES string of the molecule is CCc1cc(C(=O)N[C@@H](C)Cn2ccc(-c3ccc(C#N)c(Cl)c3)n2)n[nH]1.